The van der Waals surface area contributed by atoms with E-state index in [0.29, 0.717) is 22.7 Å². The normalized spacial score (nSPS) is 17.9. The fourth-order valence-corrected chi connectivity index (χ4v) is 7.10. The molecule has 3 aromatic carbocycles. The second kappa shape index (κ2) is 10.1. The van der Waals surface area contributed by atoms with E-state index < -0.39 is 22.2 Å². The first kappa shape index (κ1) is 24.5. The molecule has 0 N–H and O–H groups in total. The molecule has 1 saturated heterocycles. The predicted molar refractivity (Wildman–Crippen MR) is 141 cm³/mol. The Balaban J connectivity index is 1.37. The number of carbonyl (C=O) groups is 1. The van der Waals surface area contributed by atoms with Crippen molar-refractivity contribution in [3.05, 3.63) is 84.4 Å². The van der Waals surface area contributed by atoms with Crippen LogP contribution in [0.2, 0.25) is 0 Å². The summed E-state index contributed by atoms with van der Waals surface area (Å²) >= 11 is 1.10. The summed E-state index contributed by atoms with van der Waals surface area (Å²) in [6.45, 7) is 4.12. The first-order chi connectivity index (χ1) is 17.3. The summed E-state index contributed by atoms with van der Waals surface area (Å²) in [7, 11) is -3.99. The van der Waals surface area contributed by atoms with E-state index in [2.05, 4.69) is 4.98 Å². The molecule has 0 bridgehead atoms. The summed E-state index contributed by atoms with van der Waals surface area (Å²) in [6.07, 6.45) is 0.456. The minimum atomic E-state index is -3.99. The zero-order valence-electron chi connectivity index (χ0n) is 20.1. The average Bonchev–Trinajstić information content (AvgIpc) is 3.35. The van der Waals surface area contributed by atoms with Crippen molar-refractivity contribution >= 4 is 39.0 Å². The van der Waals surface area contributed by atoms with Gasteiger partial charge in [-0.15, -0.1) is 0 Å². The number of hydrogen-bond donors (Lipinski definition) is 0. The molecular weight excluding hydrogens is 494 g/mol. The van der Waals surface area contributed by atoms with Crippen molar-refractivity contribution in [3.8, 4) is 11.1 Å². The van der Waals surface area contributed by atoms with Crippen LogP contribution in [-0.2, 0) is 21.5 Å². The largest absolute Gasteiger partial charge is 0.431 e. The number of hydrogen-bond acceptors (Lipinski definition) is 6. The Morgan fingerprint density at radius 1 is 0.972 bits per heavy atom. The summed E-state index contributed by atoms with van der Waals surface area (Å²) in [5, 5.41) is 0.320. The molecule has 0 radical (unpaired) electrons. The van der Waals surface area contributed by atoms with Gasteiger partial charge < -0.3 is 4.42 Å². The Hall–Kier alpha value is -3.14. The van der Waals surface area contributed by atoms with Crippen molar-refractivity contribution in [1.82, 2.24) is 13.6 Å². The van der Waals surface area contributed by atoms with Crippen molar-refractivity contribution in [2.45, 2.75) is 38.1 Å². The molecule has 1 amide bonds. The molecule has 1 fully saturated rings. The molecule has 1 aliphatic rings. The molecule has 1 unspecified atom stereocenters. The fourth-order valence-electron chi connectivity index (χ4n) is 4.33. The molecule has 0 saturated carbocycles. The molecule has 5 rings (SSSR count). The van der Waals surface area contributed by atoms with Gasteiger partial charge in [0.2, 0.25) is 0 Å². The smallest absolute Gasteiger partial charge is 0.308 e. The molecule has 1 aliphatic heterocycles. The van der Waals surface area contributed by atoms with E-state index in [1.165, 1.54) is 4.31 Å². The number of fused-ring (bicyclic) bond motifs is 1. The molecular formula is C27H27N3O4S2. The summed E-state index contributed by atoms with van der Waals surface area (Å²) in [5.41, 5.74) is 4.21. The number of rotatable bonds is 8. The van der Waals surface area contributed by atoms with Crippen LogP contribution in [0.1, 0.15) is 25.8 Å². The molecule has 0 aliphatic carbocycles. The number of nitrogens with zero attached hydrogens (tertiary/aromatic N) is 3. The highest BCUT2D eigenvalue weighted by Gasteiger charge is 2.50. The van der Waals surface area contributed by atoms with Gasteiger partial charge in [-0.1, -0.05) is 80.6 Å². The third kappa shape index (κ3) is 4.91. The van der Waals surface area contributed by atoms with E-state index in [-0.39, 0.29) is 18.3 Å². The van der Waals surface area contributed by atoms with Gasteiger partial charge in [0.1, 0.15) is 11.6 Å². The van der Waals surface area contributed by atoms with Gasteiger partial charge in [0.05, 0.1) is 5.88 Å². The fraction of sp³-hybridized carbons (Fsp3) is 0.259. The van der Waals surface area contributed by atoms with Gasteiger partial charge in [-0.25, -0.2) is 9.29 Å². The Morgan fingerprint density at radius 2 is 1.67 bits per heavy atom. The van der Waals surface area contributed by atoms with Crippen molar-refractivity contribution in [1.29, 1.82) is 0 Å². The van der Waals surface area contributed by atoms with Gasteiger partial charge in [-0.3, -0.25) is 4.79 Å². The van der Waals surface area contributed by atoms with Gasteiger partial charge in [-0.2, -0.15) is 12.7 Å². The minimum absolute atomic E-state index is 0.0978. The third-order valence-corrected chi connectivity index (χ3v) is 8.92. The van der Waals surface area contributed by atoms with Crippen LogP contribution in [-0.4, -0.2) is 39.8 Å². The molecule has 1 aromatic heterocycles. The van der Waals surface area contributed by atoms with Crippen LogP contribution in [0.3, 0.4) is 0 Å². The zero-order chi connectivity index (χ0) is 25.3. The van der Waals surface area contributed by atoms with Crippen LogP contribution in [0.15, 0.2) is 88.5 Å². The lowest BCUT2D eigenvalue weighted by molar-refractivity contribution is -0.127. The van der Waals surface area contributed by atoms with Crippen molar-refractivity contribution in [2.75, 3.05) is 5.88 Å². The van der Waals surface area contributed by atoms with E-state index in [1.807, 2.05) is 92.7 Å². The number of thioether (sulfide) groups is 1. The molecule has 9 heteroatoms. The predicted octanol–water partition coefficient (Wildman–Crippen LogP) is 5.55. The summed E-state index contributed by atoms with van der Waals surface area (Å²) < 4.78 is 35.0. The third-order valence-electron chi connectivity index (χ3n) is 6.11. The van der Waals surface area contributed by atoms with Crippen LogP contribution < -0.4 is 0 Å². The van der Waals surface area contributed by atoms with E-state index in [0.717, 1.165) is 32.8 Å². The molecule has 7 nitrogen and oxygen atoms in total. The monoisotopic (exact) mass is 521 g/mol. The summed E-state index contributed by atoms with van der Waals surface area (Å²) in [6, 6.07) is 24.3. The lowest BCUT2D eigenvalue weighted by Crippen LogP contribution is -2.36. The van der Waals surface area contributed by atoms with Gasteiger partial charge in [0.15, 0.2) is 5.58 Å². The summed E-state index contributed by atoms with van der Waals surface area (Å²) in [5.74, 6) is -0.343. The Kier molecular flexibility index (Phi) is 6.87. The first-order valence-electron chi connectivity index (χ1n) is 11.8. The highest BCUT2D eigenvalue weighted by atomic mass is 32.2. The maximum absolute atomic E-state index is 13.5. The molecule has 2 heterocycles. The van der Waals surface area contributed by atoms with Crippen LogP contribution in [0.25, 0.3) is 22.2 Å². The number of oxazole rings is 1. The standard InChI is InChI=1S/C27H27N3O4S2/c1-19(2)15-24-26(31)30(36(32,33)29(24)17-20-9-5-3-6-10-20)18-35-27-28-23-16-22(13-14-25(23)34-27)21-11-7-4-8-12-21/h3-14,16,19,24H,15,17-18H2,1-2H3. The van der Waals surface area contributed by atoms with Crippen molar-refractivity contribution in [3.63, 3.8) is 0 Å². The van der Waals surface area contributed by atoms with Crippen LogP contribution in [0.5, 0.6) is 0 Å². The van der Waals surface area contributed by atoms with Crippen LogP contribution in [0, 0.1) is 5.92 Å². The maximum atomic E-state index is 13.5. The Bertz CT molecular complexity index is 1470. The topological polar surface area (TPSA) is 83.7 Å². The minimum Gasteiger partial charge on any atom is -0.431 e. The Labute approximate surface area is 215 Å². The van der Waals surface area contributed by atoms with Gasteiger partial charge >= 0.3 is 10.2 Å². The second-order valence-corrected chi connectivity index (χ2v) is 11.9. The first-order valence-corrected chi connectivity index (χ1v) is 14.2. The highest BCUT2D eigenvalue weighted by Crippen LogP contribution is 2.34. The Morgan fingerprint density at radius 3 is 2.36 bits per heavy atom. The summed E-state index contributed by atoms with van der Waals surface area (Å²) in [4.78, 5) is 17.8. The van der Waals surface area contributed by atoms with Crippen molar-refractivity contribution in [2.24, 2.45) is 5.92 Å². The molecule has 1 atom stereocenters. The number of aromatic nitrogens is 1. The molecule has 4 aromatic rings. The van der Waals surface area contributed by atoms with Crippen LogP contribution >= 0.6 is 11.8 Å². The zero-order valence-corrected chi connectivity index (χ0v) is 21.7. The van der Waals surface area contributed by atoms with Crippen LogP contribution in [0.4, 0.5) is 0 Å². The van der Waals surface area contributed by atoms with Gasteiger partial charge in [-0.05, 0) is 52.9 Å². The van der Waals surface area contributed by atoms with Crippen molar-refractivity contribution < 1.29 is 17.6 Å². The maximum Gasteiger partial charge on any atom is 0.308 e. The van der Waals surface area contributed by atoms with Gasteiger partial charge in [0, 0.05) is 6.54 Å². The second-order valence-electron chi connectivity index (χ2n) is 9.17. The SMILES string of the molecule is CC(C)CC1C(=O)N(CSc2nc3cc(-c4ccccc4)ccc3o2)S(=O)(=O)N1Cc1ccccc1. The average molecular weight is 522 g/mol. The lowest BCUT2D eigenvalue weighted by Gasteiger charge is -2.21. The molecule has 36 heavy (non-hydrogen) atoms. The quantitative estimate of drug-likeness (QED) is 0.283. The van der Waals surface area contributed by atoms with E-state index in [4.69, 9.17) is 4.42 Å². The van der Waals surface area contributed by atoms with E-state index in [9.17, 15) is 13.2 Å². The van der Waals surface area contributed by atoms with E-state index >= 15 is 0 Å². The molecule has 186 valence electrons. The molecule has 0 spiro atoms. The number of amides is 1. The van der Waals surface area contributed by atoms with Gasteiger partial charge in [0.25, 0.3) is 11.1 Å². The number of benzene rings is 3. The lowest BCUT2D eigenvalue weighted by atomic mass is 10.0. The van der Waals surface area contributed by atoms with E-state index in [1.54, 1.807) is 0 Å². The highest BCUT2D eigenvalue weighted by molar-refractivity contribution is 8.00. The number of carbonyl (C=O) groups excluding carboxylic acids is 1.